The molecular formula is C45H29N3O. The fraction of sp³-hybridized carbons (Fsp3) is 0. The quantitative estimate of drug-likeness (QED) is 0.190. The van der Waals surface area contributed by atoms with E-state index in [2.05, 4.69) is 166 Å². The van der Waals surface area contributed by atoms with Gasteiger partial charge in [-0.25, -0.2) is 0 Å². The molecule has 4 heteroatoms. The fourth-order valence-electron chi connectivity index (χ4n) is 7.44. The predicted octanol–water partition coefficient (Wildman–Crippen LogP) is 12.4. The van der Waals surface area contributed by atoms with E-state index in [-0.39, 0.29) is 0 Å². The van der Waals surface area contributed by atoms with Crippen LogP contribution in [0.25, 0.3) is 71.3 Å². The number of hydrogen-bond donors (Lipinski definition) is 0. The third kappa shape index (κ3) is 4.42. The van der Waals surface area contributed by atoms with Gasteiger partial charge in [-0.05, 0) is 94.7 Å². The van der Waals surface area contributed by atoms with Crippen LogP contribution in [0.1, 0.15) is 0 Å². The van der Waals surface area contributed by atoms with Gasteiger partial charge in [-0.3, -0.25) is 4.98 Å². The molecule has 7 aromatic carbocycles. The molecule has 0 aliphatic carbocycles. The lowest BCUT2D eigenvalue weighted by molar-refractivity contribution is 0.667. The van der Waals surface area contributed by atoms with Crippen molar-refractivity contribution in [1.29, 1.82) is 0 Å². The number of aromatic nitrogens is 2. The van der Waals surface area contributed by atoms with Gasteiger partial charge in [0.1, 0.15) is 5.58 Å². The topological polar surface area (TPSA) is 34.2 Å². The van der Waals surface area contributed by atoms with E-state index in [1.165, 1.54) is 32.6 Å². The zero-order valence-corrected chi connectivity index (χ0v) is 26.5. The highest BCUT2D eigenvalue weighted by Crippen LogP contribution is 2.41. The zero-order valence-electron chi connectivity index (χ0n) is 26.5. The maximum atomic E-state index is 6.14. The first-order valence-corrected chi connectivity index (χ1v) is 16.5. The van der Waals surface area contributed by atoms with Gasteiger partial charge in [-0.1, -0.05) is 91.0 Å². The number of para-hydroxylation sites is 2. The Kier molecular flexibility index (Phi) is 6.15. The van der Waals surface area contributed by atoms with Crippen LogP contribution in [0.2, 0.25) is 0 Å². The van der Waals surface area contributed by atoms with E-state index < -0.39 is 0 Å². The lowest BCUT2D eigenvalue weighted by Crippen LogP contribution is -2.10. The summed E-state index contributed by atoms with van der Waals surface area (Å²) in [6, 6.07) is 58.6. The molecule has 10 rings (SSSR count). The lowest BCUT2D eigenvalue weighted by Gasteiger charge is -2.26. The Morgan fingerprint density at radius 2 is 1.22 bits per heavy atom. The number of fused-ring (bicyclic) bond motifs is 7. The molecule has 230 valence electrons. The van der Waals surface area contributed by atoms with Crippen molar-refractivity contribution in [3.8, 4) is 16.8 Å². The van der Waals surface area contributed by atoms with Crippen LogP contribution >= 0.6 is 0 Å². The van der Waals surface area contributed by atoms with E-state index in [1.54, 1.807) is 6.20 Å². The highest BCUT2D eigenvalue weighted by molar-refractivity contribution is 6.14. The van der Waals surface area contributed by atoms with Crippen molar-refractivity contribution in [3.63, 3.8) is 0 Å². The summed E-state index contributed by atoms with van der Waals surface area (Å²) in [5, 5.41) is 7.17. The molecule has 0 N–H and O–H groups in total. The van der Waals surface area contributed by atoms with Crippen molar-refractivity contribution in [3.05, 3.63) is 176 Å². The molecule has 0 aliphatic rings. The van der Waals surface area contributed by atoms with Crippen LogP contribution in [0.4, 0.5) is 17.1 Å². The van der Waals surface area contributed by atoms with E-state index in [4.69, 9.17) is 4.42 Å². The van der Waals surface area contributed by atoms with Gasteiger partial charge in [-0.2, -0.15) is 0 Å². The number of benzene rings is 7. The molecule has 0 amide bonds. The van der Waals surface area contributed by atoms with Crippen LogP contribution in [-0.2, 0) is 0 Å². The van der Waals surface area contributed by atoms with E-state index in [0.29, 0.717) is 0 Å². The Labute approximate surface area is 282 Å². The van der Waals surface area contributed by atoms with Gasteiger partial charge in [0.25, 0.3) is 0 Å². The second-order valence-corrected chi connectivity index (χ2v) is 12.5. The average molecular weight is 628 g/mol. The molecule has 3 heterocycles. The first-order chi connectivity index (χ1) is 24.3. The molecule has 0 saturated heterocycles. The second-order valence-electron chi connectivity index (χ2n) is 12.5. The van der Waals surface area contributed by atoms with Crippen LogP contribution in [0.3, 0.4) is 0 Å². The number of rotatable bonds is 5. The Hall–Kier alpha value is -6.65. The van der Waals surface area contributed by atoms with Gasteiger partial charge >= 0.3 is 0 Å². The molecule has 10 aromatic rings. The molecule has 0 radical (unpaired) electrons. The molecule has 0 atom stereocenters. The first-order valence-electron chi connectivity index (χ1n) is 16.5. The lowest BCUT2D eigenvalue weighted by atomic mass is 9.99. The van der Waals surface area contributed by atoms with Crippen molar-refractivity contribution in [2.75, 3.05) is 4.90 Å². The summed E-state index contributed by atoms with van der Waals surface area (Å²) < 4.78 is 8.54. The molecule has 0 fully saturated rings. The van der Waals surface area contributed by atoms with Gasteiger partial charge < -0.3 is 13.9 Å². The number of pyridine rings is 1. The summed E-state index contributed by atoms with van der Waals surface area (Å²) in [5.41, 5.74) is 10.7. The molecule has 49 heavy (non-hydrogen) atoms. The Morgan fingerprint density at radius 3 is 2.10 bits per heavy atom. The minimum atomic E-state index is 0.799. The van der Waals surface area contributed by atoms with Crippen LogP contribution in [-0.4, -0.2) is 9.55 Å². The van der Waals surface area contributed by atoms with Crippen LogP contribution in [0.5, 0.6) is 0 Å². The first kappa shape index (κ1) is 27.5. The van der Waals surface area contributed by atoms with E-state index in [9.17, 15) is 0 Å². The van der Waals surface area contributed by atoms with Crippen molar-refractivity contribution >= 4 is 71.6 Å². The monoisotopic (exact) mass is 627 g/mol. The summed E-state index contributed by atoms with van der Waals surface area (Å²) in [7, 11) is 0. The highest BCUT2D eigenvalue weighted by Gasteiger charge is 2.18. The van der Waals surface area contributed by atoms with Crippen LogP contribution < -0.4 is 4.90 Å². The Morgan fingerprint density at radius 1 is 0.490 bits per heavy atom. The van der Waals surface area contributed by atoms with E-state index in [1.807, 2.05) is 18.3 Å². The van der Waals surface area contributed by atoms with Crippen molar-refractivity contribution < 1.29 is 4.42 Å². The molecule has 0 bridgehead atoms. The van der Waals surface area contributed by atoms with Crippen molar-refractivity contribution in [1.82, 2.24) is 9.55 Å². The maximum absolute atomic E-state index is 6.14. The second kappa shape index (κ2) is 11.0. The smallest absolute Gasteiger partial charge is 0.153 e. The summed E-state index contributed by atoms with van der Waals surface area (Å²) in [6.07, 6.45) is 3.61. The standard InChI is InChI=1S/C45H29N3O/c1-2-12-33(13-3-1)47(34-22-20-30(21-23-34)37-17-9-19-43-45(37)39-24-25-46-29-44(39)49-43)35-14-8-15-36(28-35)48-41-18-7-6-16-38(41)40-26-31-10-4-5-11-32(31)27-42(40)48/h1-29H. The van der Waals surface area contributed by atoms with Gasteiger partial charge in [0.2, 0.25) is 0 Å². The van der Waals surface area contributed by atoms with Gasteiger partial charge in [0, 0.05) is 50.5 Å². The van der Waals surface area contributed by atoms with E-state index in [0.717, 1.165) is 55.8 Å². The molecule has 0 saturated carbocycles. The minimum Gasteiger partial charge on any atom is -0.454 e. The molecule has 0 spiro atoms. The number of nitrogens with zero attached hydrogens (tertiary/aromatic N) is 3. The van der Waals surface area contributed by atoms with Crippen molar-refractivity contribution in [2.24, 2.45) is 0 Å². The average Bonchev–Trinajstić information content (AvgIpc) is 3.70. The normalized spacial score (nSPS) is 11.7. The largest absolute Gasteiger partial charge is 0.454 e. The third-order valence-corrected chi connectivity index (χ3v) is 9.64. The molecule has 0 aliphatic heterocycles. The van der Waals surface area contributed by atoms with Crippen LogP contribution in [0, 0.1) is 0 Å². The Bertz CT molecular complexity index is 2830. The number of furan rings is 1. The molecule has 3 aromatic heterocycles. The predicted molar refractivity (Wildman–Crippen MR) is 203 cm³/mol. The molecule has 0 unspecified atom stereocenters. The summed E-state index contributed by atoms with van der Waals surface area (Å²) in [6.45, 7) is 0. The SMILES string of the molecule is c1ccc(N(c2ccc(-c3cccc4oc5cnccc5c34)cc2)c2cccc(-n3c4ccccc4c4cc5ccccc5cc43)c2)cc1. The van der Waals surface area contributed by atoms with Gasteiger partial charge in [0.15, 0.2) is 5.58 Å². The molecular weight excluding hydrogens is 599 g/mol. The highest BCUT2D eigenvalue weighted by atomic mass is 16.3. The third-order valence-electron chi connectivity index (χ3n) is 9.64. The number of anilines is 3. The zero-order chi connectivity index (χ0) is 32.3. The maximum Gasteiger partial charge on any atom is 0.153 e. The number of hydrogen-bond acceptors (Lipinski definition) is 3. The summed E-state index contributed by atoms with van der Waals surface area (Å²) in [5.74, 6) is 0. The van der Waals surface area contributed by atoms with Gasteiger partial charge in [-0.15, -0.1) is 0 Å². The Balaban J connectivity index is 1.12. The summed E-state index contributed by atoms with van der Waals surface area (Å²) in [4.78, 5) is 6.59. The van der Waals surface area contributed by atoms with Crippen LogP contribution in [0.15, 0.2) is 181 Å². The van der Waals surface area contributed by atoms with Crippen molar-refractivity contribution in [2.45, 2.75) is 0 Å². The summed E-state index contributed by atoms with van der Waals surface area (Å²) >= 11 is 0. The minimum absolute atomic E-state index is 0.799. The fourth-order valence-corrected chi connectivity index (χ4v) is 7.44. The van der Waals surface area contributed by atoms with E-state index >= 15 is 0 Å². The molecule has 4 nitrogen and oxygen atoms in total. The van der Waals surface area contributed by atoms with Gasteiger partial charge in [0.05, 0.1) is 17.2 Å².